The van der Waals surface area contributed by atoms with Gasteiger partial charge in [-0.15, -0.1) is 0 Å². The van der Waals surface area contributed by atoms with E-state index in [9.17, 15) is 14.7 Å². The van der Waals surface area contributed by atoms with Crippen molar-refractivity contribution in [1.82, 2.24) is 5.32 Å². The fourth-order valence-electron chi connectivity index (χ4n) is 2.59. The van der Waals surface area contributed by atoms with Crippen molar-refractivity contribution in [2.24, 2.45) is 5.92 Å². The van der Waals surface area contributed by atoms with E-state index in [4.69, 9.17) is 0 Å². The number of para-hydroxylation sites is 1. The third-order valence-electron chi connectivity index (χ3n) is 3.79. The van der Waals surface area contributed by atoms with E-state index < -0.39 is 11.9 Å². The first-order chi connectivity index (χ1) is 10.0. The number of aliphatic carboxylic acids is 1. The number of carboxylic acid groups (broad SMARTS) is 1. The Morgan fingerprint density at radius 2 is 2.10 bits per heavy atom. The molecule has 0 bridgehead atoms. The molecule has 114 valence electrons. The summed E-state index contributed by atoms with van der Waals surface area (Å²) >= 11 is 0. The van der Waals surface area contributed by atoms with Gasteiger partial charge in [-0.1, -0.05) is 32.0 Å². The lowest BCUT2D eigenvalue weighted by Gasteiger charge is -2.32. The summed E-state index contributed by atoms with van der Waals surface area (Å²) in [5, 5.41) is 12.2. The van der Waals surface area contributed by atoms with E-state index >= 15 is 0 Å². The number of urea groups is 1. The van der Waals surface area contributed by atoms with Gasteiger partial charge in [0.05, 0.1) is 5.92 Å². The van der Waals surface area contributed by atoms with Crippen LogP contribution in [-0.2, 0) is 4.79 Å². The molecule has 0 saturated carbocycles. The molecule has 1 atom stereocenters. The first-order valence-electron chi connectivity index (χ1n) is 7.37. The molecule has 0 spiro atoms. The highest BCUT2D eigenvalue weighted by atomic mass is 16.4. The summed E-state index contributed by atoms with van der Waals surface area (Å²) < 4.78 is 0. The molecule has 0 radical (unpaired) electrons. The molecule has 0 aromatic heterocycles. The number of rotatable bonds is 4. The van der Waals surface area contributed by atoms with E-state index in [1.165, 1.54) is 0 Å². The second-order valence-electron chi connectivity index (χ2n) is 5.80. The number of hydrogen-bond donors (Lipinski definition) is 2. The second-order valence-corrected chi connectivity index (χ2v) is 5.80. The van der Waals surface area contributed by atoms with Crippen LogP contribution < -0.4 is 10.2 Å². The first-order valence-corrected chi connectivity index (χ1v) is 7.37. The first kappa shape index (κ1) is 15.4. The SMILES string of the molecule is CC(C)CCNC(=O)N1CCC(C(=O)O)c2ccccc21. The summed E-state index contributed by atoms with van der Waals surface area (Å²) in [6.07, 6.45) is 1.38. The molecule has 5 nitrogen and oxygen atoms in total. The van der Waals surface area contributed by atoms with Gasteiger partial charge in [0.25, 0.3) is 0 Å². The summed E-state index contributed by atoms with van der Waals surface area (Å²) in [5.41, 5.74) is 1.42. The van der Waals surface area contributed by atoms with Crippen molar-refractivity contribution in [2.75, 3.05) is 18.0 Å². The molecule has 0 fully saturated rings. The minimum Gasteiger partial charge on any atom is -0.481 e. The minimum absolute atomic E-state index is 0.146. The van der Waals surface area contributed by atoms with Crippen LogP contribution in [0.2, 0.25) is 0 Å². The molecule has 2 amide bonds. The molecular weight excluding hydrogens is 268 g/mol. The Kier molecular flexibility index (Phi) is 4.83. The number of nitrogens with one attached hydrogen (secondary N) is 1. The number of benzene rings is 1. The van der Waals surface area contributed by atoms with Crippen molar-refractivity contribution in [2.45, 2.75) is 32.6 Å². The average Bonchev–Trinajstić information content (AvgIpc) is 2.45. The number of carboxylic acids is 1. The van der Waals surface area contributed by atoms with E-state index in [1.54, 1.807) is 11.0 Å². The Hall–Kier alpha value is -2.04. The van der Waals surface area contributed by atoms with Crippen molar-refractivity contribution in [3.63, 3.8) is 0 Å². The van der Waals surface area contributed by atoms with Crippen LogP contribution >= 0.6 is 0 Å². The van der Waals surface area contributed by atoms with E-state index in [1.807, 2.05) is 18.2 Å². The van der Waals surface area contributed by atoms with Crippen LogP contribution in [0.5, 0.6) is 0 Å². The lowest BCUT2D eigenvalue weighted by molar-refractivity contribution is -0.139. The molecule has 2 rings (SSSR count). The Labute approximate surface area is 125 Å². The average molecular weight is 290 g/mol. The molecule has 2 N–H and O–H groups in total. The number of anilines is 1. The number of fused-ring (bicyclic) bond motifs is 1. The second kappa shape index (κ2) is 6.61. The predicted octanol–water partition coefficient (Wildman–Crippen LogP) is 2.82. The molecule has 21 heavy (non-hydrogen) atoms. The van der Waals surface area contributed by atoms with Crippen molar-refractivity contribution in [1.29, 1.82) is 0 Å². The van der Waals surface area contributed by atoms with Gasteiger partial charge in [-0.2, -0.15) is 0 Å². The number of nitrogens with zero attached hydrogens (tertiary/aromatic N) is 1. The number of amides is 2. The highest BCUT2D eigenvalue weighted by molar-refractivity contribution is 5.95. The lowest BCUT2D eigenvalue weighted by Crippen LogP contribution is -2.44. The molecule has 5 heteroatoms. The molecule has 1 aliphatic rings. The van der Waals surface area contributed by atoms with Crippen LogP contribution in [0.15, 0.2) is 24.3 Å². The van der Waals surface area contributed by atoms with E-state index in [-0.39, 0.29) is 6.03 Å². The number of carbonyl (C=O) groups excluding carboxylic acids is 1. The Morgan fingerprint density at radius 1 is 1.38 bits per heavy atom. The zero-order chi connectivity index (χ0) is 15.4. The van der Waals surface area contributed by atoms with Crippen molar-refractivity contribution >= 4 is 17.7 Å². The van der Waals surface area contributed by atoms with Gasteiger partial charge in [0.2, 0.25) is 0 Å². The van der Waals surface area contributed by atoms with Crippen LogP contribution in [0.1, 0.15) is 38.2 Å². The van der Waals surface area contributed by atoms with Crippen LogP contribution in [0.25, 0.3) is 0 Å². The number of carbonyl (C=O) groups is 2. The Balaban J connectivity index is 2.13. The fourth-order valence-corrected chi connectivity index (χ4v) is 2.59. The van der Waals surface area contributed by atoms with Crippen molar-refractivity contribution in [3.05, 3.63) is 29.8 Å². The summed E-state index contributed by atoms with van der Waals surface area (Å²) in [6.45, 7) is 5.29. The molecule has 0 aliphatic carbocycles. The number of hydrogen-bond acceptors (Lipinski definition) is 2. The van der Waals surface area contributed by atoms with Gasteiger partial charge in [0, 0.05) is 18.8 Å². The van der Waals surface area contributed by atoms with Gasteiger partial charge in [0.1, 0.15) is 0 Å². The topological polar surface area (TPSA) is 69.6 Å². The molecule has 1 aromatic rings. The maximum absolute atomic E-state index is 12.3. The molecular formula is C16H22N2O3. The zero-order valence-corrected chi connectivity index (χ0v) is 12.5. The maximum Gasteiger partial charge on any atom is 0.321 e. The quantitative estimate of drug-likeness (QED) is 0.896. The Bertz CT molecular complexity index is 528. The van der Waals surface area contributed by atoms with Crippen molar-refractivity contribution < 1.29 is 14.7 Å². The van der Waals surface area contributed by atoms with Crippen LogP contribution in [0.4, 0.5) is 10.5 Å². The molecule has 1 heterocycles. The normalized spacial score (nSPS) is 17.5. The summed E-state index contributed by atoms with van der Waals surface area (Å²) in [7, 11) is 0. The lowest BCUT2D eigenvalue weighted by atomic mass is 9.90. The highest BCUT2D eigenvalue weighted by Gasteiger charge is 2.32. The van der Waals surface area contributed by atoms with Crippen LogP contribution in [0.3, 0.4) is 0 Å². The van der Waals surface area contributed by atoms with E-state index in [0.29, 0.717) is 31.1 Å². The zero-order valence-electron chi connectivity index (χ0n) is 12.5. The van der Waals surface area contributed by atoms with Gasteiger partial charge in [0.15, 0.2) is 0 Å². The van der Waals surface area contributed by atoms with Crippen LogP contribution in [0, 0.1) is 5.92 Å². The largest absolute Gasteiger partial charge is 0.481 e. The van der Waals surface area contributed by atoms with Gasteiger partial charge >= 0.3 is 12.0 Å². The van der Waals surface area contributed by atoms with E-state index in [2.05, 4.69) is 19.2 Å². The maximum atomic E-state index is 12.3. The summed E-state index contributed by atoms with van der Waals surface area (Å²) in [5.74, 6) is -0.821. The monoisotopic (exact) mass is 290 g/mol. The third kappa shape index (κ3) is 3.54. The highest BCUT2D eigenvalue weighted by Crippen LogP contribution is 2.35. The van der Waals surface area contributed by atoms with Gasteiger partial charge in [-0.05, 0) is 30.4 Å². The smallest absolute Gasteiger partial charge is 0.321 e. The third-order valence-corrected chi connectivity index (χ3v) is 3.79. The predicted molar refractivity (Wildman–Crippen MR) is 81.6 cm³/mol. The standard InChI is InChI=1S/C16H22N2O3/c1-11(2)7-9-17-16(21)18-10-8-13(15(19)20)12-5-3-4-6-14(12)18/h3-6,11,13H,7-10H2,1-2H3,(H,17,21)(H,19,20). The molecule has 1 aliphatic heterocycles. The molecule has 0 saturated heterocycles. The van der Waals surface area contributed by atoms with Crippen molar-refractivity contribution in [3.8, 4) is 0 Å². The molecule has 1 aromatic carbocycles. The summed E-state index contributed by atoms with van der Waals surface area (Å²) in [6, 6.07) is 7.10. The van der Waals surface area contributed by atoms with Gasteiger partial charge in [-0.25, -0.2) is 4.79 Å². The molecule has 1 unspecified atom stereocenters. The minimum atomic E-state index is -0.831. The fraction of sp³-hybridized carbons (Fsp3) is 0.500. The van der Waals surface area contributed by atoms with E-state index in [0.717, 1.165) is 12.0 Å². The summed E-state index contributed by atoms with van der Waals surface area (Å²) in [4.78, 5) is 25.3. The van der Waals surface area contributed by atoms with Gasteiger partial charge < -0.3 is 10.4 Å². The van der Waals surface area contributed by atoms with Crippen LogP contribution in [-0.4, -0.2) is 30.2 Å². The Morgan fingerprint density at radius 3 is 2.76 bits per heavy atom. The van der Waals surface area contributed by atoms with Gasteiger partial charge in [-0.3, -0.25) is 9.69 Å².